The molecule has 2 rings (SSSR count). The first-order chi connectivity index (χ1) is 9.65. The molecule has 0 aliphatic heterocycles. The van der Waals surface area contributed by atoms with Crippen LogP contribution in [-0.2, 0) is 0 Å². The van der Waals surface area contributed by atoms with Crippen molar-refractivity contribution >= 4 is 16.8 Å². The predicted molar refractivity (Wildman–Crippen MR) is 81.5 cm³/mol. The fourth-order valence-electron chi connectivity index (χ4n) is 1.77. The molecule has 0 fully saturated rings. The van der Waals surface area contributed by atoms with Gasteiger partial charge in [0.1, 0.15) is 11.4 Å². The Labute approximate surface area is 120 Å². The number of fused-ring (bicyclic) bond motifs is 1. The van der Waals surface area contributed by atoms with Gasteiger partial charge < -0.3 is 9.72 Å². The van der Waals surface area contributed by atoms with Crippen molar-refractivity contribution < 1.29 is 9.53 Å². The molecule has 0 radical (unpaired) electrons. The van der Waals surface area contributed by atoms with Gasteiger partial charge >= 0.3 is 0 Å². The number of carbonyl (C=O) groups is 1. The number of ether oxygens (including phenoxy) is 1. The van der Waals surface area contributed by atoms with E-state index in [1.807, 2.05) is 38.8 Å². The molecule has 2 heterocycles. The zero-order valence-corrected chi connectivity index (χ0v) is 12.9. The smallest absolute Gasteiger partial charge is 0.179 e. The van der Waals surface area contributed by atoms with E-state index in [0.29, 0.717) is 23.5 Å². The van der Waals surface area contributed by atoms with Gasteiger partial charge in [0.05, 0.1) is 19.9 Å². The number of carbonyl (C=O) groups excluding carboxylic acids is 1. The van der Waals surface area contributed by atoms with Crippen molar-refractivity contribution in [3.63, 3.8) is 0 Å². The number of likely N-dealkylation sites (N-methyl/N-ethyl adjacent to an activating group) is 1. The first kappa shape index (κ1) is 16.2. The van der Waals surface area contributed by atoms with E-state index in [0.717, 1.165) is 11.9 Å². The van der Waals surface area contributed by atoms with Crippen molar-refractivity contribution in [2.45, 2.75) is 20.8 Å². The molecule has 0 atom stereocenters. The summed E-state index contributed by atoms with van der Waals surface area (Å²) in [7, 11) is 3.51. The summed E-state index contributed by atoms with van der Waals surface area (Å²) in [5.41, 5.74) is 1.37. The number of ketones is 1. The average molecular weight is 277 g/mol. The third kappa shape index (κ3) is 3.57. The molecular weight excluding hydrogens is 254 g/mol. The number of aromatic nitrogens is 2. The molecule has 5 heteroatoms. The predicted octanol–water partition coefficient (Wildman–Crippen LogP) is 2.73. The minimum Gasteiger partial charge on any atom is -0.495 e. The first-order valence-electron chi connectivity index (χ1n) is 6.88. The van der Waals surface area contributed by atoms with Gasteiger partial charge in [-0.25, -0.2) is 4.98 Å². The van der Waals surface area contributed by atoms with Crippen LogP contribution in [-0.4, -0.2) is 47.9 Å². The second-order valence-corrected chi connectivity index (χ2v) is 4.23. The minimum absolute atomic E-state index is 0.0839. The highest BCUT2D eigenvalue weighted by Gasteiger charge is 2.14. The number of Topliss-reactive ketones (excluding diaryl/α,β-unsaturated/α-hetero) is 1. The normalized spacial score (nSPS) is 10.3. The molecule has 0 saturated heterocycles. The third-order valence-corrected chi connectivity index (χ3v) is 3.00. The lowest BCUT2D eigenvalue weighted by atomic mass is 10.1. The number of aromatic amines is 1. The number of nitrogens with one attached hydrogen (secondary N) is 1. The fourth-order valence-corrected chi connectivity index (χ4v) is 1.77. The van der Waals surface area contributed by atoms with Crippen molar-refractivity contribution in [3.8, 4) is 5.75 Å². The maximum absolute atomic E-state index is 12.2. The Balaban J connectivity index is 0.000000956. The molecule has 0 amide bonds. The number of H-pyrrole nitrogens is 1. The quantitative estimate of drug-likeness (QED) is 0.854. The standard InChI is InChI=1S/C13H17N3O2.C2H6/c1-4-16(2)8-12(17)11-7-15-13-10(11)5-9(18-3)6-14-13;1-2/h5-7H,4,8H2,1-3H3,(H,14,15);1-2H3. The van der Waals surface area contributed by atoms with Crippen LogP contribution in [0.15, 0.2) is 18.5 Å². The second kappa shape index (κ2) is 7.65. The number of nitrogens with zero attached hydrogens (tertiary/aromatic N) is 2. The van der Waals surface area contributed by atoms with Crippen LogP contribution in [0.1, 0.15) is 31.1 Å². The van der Waals surface area contributed by atoms with Crippen molar-refractivity contribution in [1.29, 1.82) is 0 Å². The van der Waals surface area contributed by atoms with E-state index < -0.39 is 0 Å². The SMILES string of the molecule is CC.CCN(C)CC(=O)c1c[nH]c2ncc(OC)cc12. The summed E-state index contributed by atoms with van der Waals surface area (Å²) in [5, 5.41) is 0.809. The molecule has 5 nitrogen and oxygen atoms in total. The fraction of sp³-hybridized carbons (Fsp3) is 0.467. The Morgan fingerprint density at radius 2 is 2.15 bits per heavy atom. The van der Waals surface area contributed by atoms with Crippen molar-refractivity contribution in [2.75, 3.05) is 27.2 Å². The number of rotatable bonds is 5. The molecule has 1 N–H and O–H groups in total. The van der Waals surface area contributed by atoms with Crippen LogP contribution >= 0.6 is 0 Å². The zero-order chi connectivity index (χ0) is 15.1. The lowest BCUT2D eigenvalue weighted by molar-refractivity contribution is 0.0950. The molecule has 20 heavy (non-hydrogen) atoms. The Hall–Kier alpha value is -1.88. The minimum atomic E-state index is 0.0839. The highest BCUT2D eigenvalue weighted by atomic mass is 16.5. The summed E-state index contributed by atoms with van der Waals surface area (Å²) in [4.78, 5) is 21.3. The summed E-state index contributed by atoms with van der Waals surface area (Å²) in [5.74, 6) is 0.737. The van der Waals surface area contributed by atoms with E-state index in [9.17, 15) is 4.79 Å². The average Bonchev–Trinajstić information content (AvgIpc) is 2.91. The topological polar surface area (TPSA) is 58.2 Å². The van der Waals surface area contributed by atoms with Gasteiger partial charge in [0, 0.05) is 17.1 Å². The van der Waals surface area contributed by atoms with Gasteiger partial charge in [0.25, 0.3) is 0 Å². The van der Waals surface area contributed by atoms with E-state index in [4.69, 9.17) is 4.74 Å². The Kier molecular flexibility index (Phi) is 6.18. The Morgan fingerprint density at radius 3 is 2.75 bits per heavy atom. The third-order valence-electron chi connectivity index (χ3n) is 3.00. The summed E-state index contributed by atoms with van der Waals surface area (Å²) >= 11 is 0. The van der Waals surface area contributed by atoms with Gasteiger partial charge in [-0.2, -0.15) is 0 Å². The van der Waals surface area contributed by atoms with Crippen LogP contribution < -0.4 is 4.74 Å². The molecular formula is C15H23N3O2. The van der Waals surface area contributed by atoms with E-state index in [1.165, 1.54) is 0 Å². The van der Waals surface area contributed by atoms with E-state index in [-0.39, 0.29) is 5.78 Å². The molecule has 2 aromatic rings. The molecule has 0 spiro atoms. The maximum Gasteiger partial charge on any atom is 0.179 e. The zero-order valence-electron chi connectivity index (χ0n) is 12.9. The van der Waals surface area contributed by atoms with Gasteiger partial charge in [0.2, 0.25) is 0 Å². The molecule has 0 aliphatic rings. The number of hydrogen-bond acceptors (Lipinski definition) is 4. The van der Waals surface area contributed by atoms with E-state index in [2.05, 4.69) is 9.97 Å². The molecule has 110 valence electrons. The molecule has 0 aliphatic carbocycles. The number of pyridine rings is 1. The summed E-state index contributed by atoms with van der Waals surface area (Å²) in [6.45, 7) is 7.27. The van der Waals surface area contributed by atoms with Gasteiger partial charge in [-0.15, -0.1) is 0 Å². The Morgan fingerprint density at radius 1 is 1.45 bits per heavy atom. The van der Waals surface area contributed by atoms with Gasteiger partial charge in [-0.3, -0.25) is 9.69 Å². The second-order valence-electron chi connectivity index (χ2n) is 4.23. The van der Waals surface area contributed by atoms with Crippen LogP contribution in [0.4, 0.5) is 0 Å². The molecule has 0 saturated carbocycles. The lowest BCUT2D eigenvalue weighted by Gasteiger charge is -2.11. The van der Waals surface area contributed by atoms with Crippen LogP contribution in [0.5, 0.6) is 5.75 Å². The first-order valence-corrected chi connectivity index (χ1v) is 6.88. The van der Waals surface area contributed by atoms with Crippen molar-refractivity contribution in [1.82, 2.24) is 14.9 Å². The van der Waals surface area contributed by atoms with Crippen LogP contribution in [0.2, 0.25) is 0 Å². The van der Waals surface area contributed by atoms with Crippen molar-refractivity contribution in [3.05, 3.63) is 24.0 Å². The summed E-state index contributed by atoms with van der Waals surface area (Å²) in [6.07, 6.45) is 3.34. The van der Waals surface area contributed by atoms with Crippen LogP contribution in [0.3, 0.4) is 0 Å². The largest absolute Gasteiger partial charge is 0.495 e. The van der Waals surface area contributed by atoms with Crippen molar-refractivity contribution in [2.24, 2.45) is 0 Å². The van der Waals surface area contributed by atoms with Gasteiger partial charge in [-0.05, 0) is 19.7 Å². The molecule has 0 unspecified atom stereocenters. The van der Waals surface area contributed by atoms with E-state index >= 15 is 0 Å². The Bertz CT molecular complexity index is 563. The lowest BCUT2D eigenvalue weighted by Crippen LogP contribution is -2.25. The highest BCUT2D eigenvalue weighted by molar-refractivity contribution is 6.08. The molecule has 2 aromatic heterocycles. The highest BCUT2D eigenvalue weighted by Crippen LogP contribution is 2.21. The monoisotopic (exact) mass is 277 g/mol. The van der Waals surface area contributed by atoms with Crippen LogP contribution in [0, 0.1) is 0 Å². The molecule has 0 aromatic carbocycles. The van der Waals surface area contributed by atoms with Crippen LogP contribution in [0.25, 0.3) is 11.0 Å². The van der Waals surface area contributed by atoms with E-state index in [1.54, 1.807) is 19.5 Å². The summed E-state index contributed by atoms with van der Waals surface area (Å²) in [6, 6.07) is 1.83. The summed E-state index contributed by atoms with van der Waals surface area (Å²) < 4.78 is 5.13. The van der Waals surface area contributed by atoms with Gasteiger partial charge in [0.15, 0.2) is 5.78 Å². The molecule has 0 bridgehead atoms. The number of methoxy groups -OCH3 is 1. The van der Waals surface area contributed by atoms with Gasteiger partial charge in [-0.1, -0.05) is 20.8 Å². The maximum atomic E-state index is 12.2. The number of hydrogen-bond donors (Lipinski definition) is 1.